The van der Waals surface area contributed by atoms with Gasteiger partial charge in [0.15, 0.2) is 0 Å². The van der Waals surface area contributed by atoms with Gasteiger partial charge in [0, 0.05) is 6.54 Å². The molecular formula is C17H23NO4. The molecule has 120 valence electrons. The molecule has 1 unspecified atom stereocenters. The topological polar surface area (TPSA) is 55.8 Å². The highest BCUT2D eigenvalue weighted by Gasteiger charge is 2.32. The molecule has 1 aromatic rings. The highest BCUT2D eigenvalue weighted by molar-refractivity contribution is 5.89. The molecule has 5 heteroatoms. The summed E-state index contributed by atoms with van der Waals surface area (Å²) < 4.78 is 10.7. The number of rotatable bonds is 3. The van der Waals surface area contributed by atoms with Crippen LogP contribution in [0.2, 0.25) is 0 Å². The lowest BCUT2D eigenvalue weighted by Crippen LogP contribution is -2.42. The lowest BCUT2D eigenvalue weighted by molar-refractivity contribution is 0.0106. The molecule has 1 aromatic carbocycles. The standard InChI is InChI=1S/C17H23NO4/c1-17(2,3)22-16(20)18-11-7-10-14(18)12-21-15(19)13-8-5-4-6-9-13/h4-6,8-9,14H,7,10-12H2,1-3H3. The molecule has 0 spiro atoms. The molecule has 5 nitrogen and oxygen atoms in total. The van der Waals surface area contributed by atoms with Gasteiger partial charge in [0.1, 0.15) is 12.2 Å². The number of nitrogens with zero attached hydrogens (tertiary/aromatic N) is 1. The molecule has 1 aliphatic rings. The molecule has 0 aromatic heterocycles. The monoisotopic (exact) mass is 305 g/mol. The minimum atomic E-state index is -0.523. The van der Waals surface area contributed by atoms with E-state index in [2.05, 4.69) is 0 Å². The fraction of sp³-hybridized carbons (Fsp3) is 0.529. The predicted octanol–water partition coefficient (Wildman–Crippen LogP) is 3.24. The van der Waals surface area contributed by atoms with Gasteiger partial charge in [-0.25, -0.2) is 9.59 Å². The van der Waals surface area contributed by atoms with Crippen molar-refractivity contribution in [2.75, 3.05) is 13.2 Å². The third kappa shape index (κ3) is 4.48. The van der Waals surface area contributed by atoms with E-state index in [1.165, 1.54) is 0 Å². The number of esters is 1. The van der Waals surface area contributed by atoms with Gasteiger partial charge in [-0.3, -0.25) is 0 Å². The van der Waals surface area contributed by atoms with Crippen LogP contribution in [0.15, 0.2) is 30.3 Å². The lowest BCUT2D eigenvalue weighted by atomic mass is 10.2. The summed E-state index contributed by atoms with van der Waals surface area (Å²) in [4.78, 5) is 25.8. The number of ether oxygens (including phenoxy) is 2. The van der Waals surface area contributed by atoms with Crippen molar-refractivity contribution in [3.63, 3.8) is 0 Å². The molecule has 1 saturated heterocycles. The maximum atomic E-state index is 12.1. The van der Waals surface area contributed by atoms with Crippen LogP contribution in [0.1, 0.15) is 44.0 Å². The smallest absolute Gasteiger partial charge is 0.410 e. The Morgan fingerprint density at radius 2 is 1.91 bits per heavy atom. The van der Waals surface area contributed by atoms with Gasteiger partial charge in [-0.2, -0.15) is 0 Å². The van der Waals surface area contributed by atoms with E-state index in [1.807, 2.05) is 26.8 Å². The number of carbonyl (C=O) groups excluding carboxylic acids is 2. The predicted molar refractivity (Wildman–Crippen MR) is 82.7 cm³/mol. The van der Waals surface area contributed by atoms with Gasteiger partial charge >= 0.3 is 12.1 Å². The molecular weight excluding hydrogens is 282 g/mol. The summed E-state index contributed by atoms with van der Waals surface area (Å²) in [6, 6.07) is 8.74. The Morgan fingerprint density at radius 1 is 1.23 bits per heavy atom. The molecule has 0 aliphatic carbocycles. The van der Waals surface area contributed by atoms with Crippen molar-refractivity contribution in [3.05, 3.63) is 35.9 Å². The van der Waals surface area contributed by atoms with Crippen LogP contribution in [-0.2, 0) is 9.47 Å². The van der Waals surface area contributed by atoms with Crippen molar-refractivity contribution in [1.29, 1.82) is 0 Å². The van der Waals surface area contributed by atoms with Crippen molar-refractivity contribution in [2.45, 2.75) is 45.3 Å². The first-order chi connectivity index (χ1) is 10.4. The van der Waals surface area contributed by atoms with E-state index in [0.717, 1.165) is 12.8 Å². The highest BCUT2D eigenvalue weighted by Crippen LogP contribution is 2.21. The van der Waals surface area contributed by atoms with Crippen molar-refractivity contribution < 1.29 is 19.1 Å². The van der Waals surface area contributed by atoms with E-state index in [9.17, 15) is 9.59 Å². The fourth-order valence-corrected chi connectivity index (χ4v) is 2.40. The molecule has 0 N–H and O–H groups in total. The number of likely N-dealkylation sites (tertiary alicyclic amines) is 1. The largest absolute Gasteiger partial charge is 0.460 e. The highest BCUT2D eigenvalue weighted by atomic mass is 16.6. The van der Waals surface area contributed by atoms with Crippen LogP contribution < -0.4 is 0 Å². The Morgan fingerprint density at radius 3 is 2.55 bits per heavy atom. The molecule has 1 heterocycles. The molecule has 1 amide bonds. The van der Waals surface area contributed by atoms with E-state index in [0.29, 0.717) is 12.1 Å². The van der Waals surface area contributed by atoms with Gasteiger partial charge in [0.25, 0.3) is 0 Å². The number of hydrogen-bond acceptors (Lipinski definition) is 4. The van der Waals surface area contributed by atoms with Gasteiger partial charge in [0.2, 0.25) is 0 Å². The molecule has 22 heavy (non-hydrogen) atoms. The van der Waals surface area contributed by atoms with Crippen molar-refractivity contribution in [3.8, 4) is 0 Å². The zero-order chi connectivity index (χ0) is 16.2. The van der Waals surface area contributed by atoms with Crippen LogP contribution in [0, 0.1) is 0 Å². The van der Waals surface area contributed by atoms with Crippen molar-refractivity contribution >= 4 is 12.1 Å². The molecule has 1 fully saturated rings. The number of benzene rings is 1. The third-order valence-electron chi connectivity index (χ3n) is 3.42. The minimum Gasteiger partial charge on any atom is -0.460 e. The average Bonchev–Trinajstić information content (AvgIpc) is 2.92. The van der Waals surface area contributed by atoms with Crippen LogP contribution in [-0.4, -0.2) is 41.8 Å². The van der Waals surface area contributed by atoms with Crippen LogP contribution in [0.25, 0.3) is 0 Å². The van der Waals surface area contributed by atoms with Gasteiger partial charge in [0.05, 0.1) is 11.6 Å². The van der Waals surface area contributed by atoms with E-state index >= 15 is 0 Å². The molecule has 0 saturated carbocycles. The number of amides is 1. The Kier molecular flexibility index (Phi) is 5.06. The van der Waals surface area contributed by atoms with Gasteiger partial charge in [-0.05, 0) is 45.7 Å². The van der Waals surface area contributed by atoms with Crippen molar-refractivity contribution in [2.24, 2.45) is 0 Å². The Hall–Kier alpha value is -2.04. The van der Waals surface area contributed by atoms with Crippen molar-refractivity contribution in [1.82, 2.24) is 4.90 Å². The Labute approximate surface area is 131 Å². The molecule has 1 aliphatic heterocycles. The average molecular weight is 305 g/mol. The zero-order valence-corrected chi connectivity index (χ0v) is 13.4. The first kappa shape index (κ1) is 16.3. The van der Waals surface area contributed by atoms with E-state index in [1.54, 1.807) is 29.2 Å². The van der Waals surface area contributed by atoms with E-state index < -0.39 is 5.60 Å². The minimum absolute atomic E-state index is 0.109. The summed E-state index contributed by atoms with van der Waals surface area (Å²) in [6.45, 7) is 6.36. The normalized spacial score (nSPS) is 18.1. The molecule has 0 radical (unpaired) electrons. The second kappa shape index (κ2) is 6.81. The first-order valence-corrected chi connectivity index (χ1v) is 7.58. The van der Waals surface area contributed by atoms with Gasteiger partial charge < -0.3 is 14.4 Å². The van der Waals surface area contributed by atoms with Crippen LogP contribution in [0.3, 0.4) is 0 Å². The summed E-state index contributed by atoms with van der Waals surface area (Å²) >= 11 is 0. The second-order valence-corrected chi connectivity index (χ2v) is 6.43. The maximum Gasteiger partial charge on any atom is 0.410 e. The lowest BCUT2D eigenvalue weighted by Gasteiger charge is -2.28. The van der Waals surface area contributed by atoms with Gasteiger partial charge in [-0.1, -0.05) is 18.2 Å². The Bertz CT molecular complexity index is 521. The van der Waals surface area contributed by atoms with Crippen LogP contribution in [0.4, 0.5) is 4.79 Å². The first-order valence-electron chi connectivity index (χ1n) is 7.58. The quantitative estimate of drug-likeness (QED) is 0.804. The molecule has 1 atom stereocenters. The van der Waals surface area contributed by atoms with Gasteiger partial charge in [-0.15, -0.1) is 0 Å². The number of carbonyl (C=O) groups is 2. The van der Waals surface area contributed by atoms with E-state index in [4.69, 9.17) is 9.47 Å². The molecule has 2 rings (SSSR count). The van der Waals surface area contributed by atoms with E-state index in [-0.39, 0.29) is 24.7 Å². The van der Waals surface area contributed by atoms with Crippen LogP contribution in [0.5, 0.6) is 0 Å². The summed E-state index contributed by atoms with van der Waals surface area (Å²) in [7, 11) is 0. The second-order valence-electron chi connectivity index (χ2n) is 6.43. The fourth-order valence-electron chi connectivity index (χ4n) is 2.40. The summed E-state index contributed by atoms with van der Waals surface area (Å²) in [5.74, 6) is -0.364. The Balaban J connectivity index is 1.89. The van der Waals surface area contributed by atoms with Crippen LogP contribution >= 0.6 is 0 Å². The SMILES string of the molecule is CC(C)(C)OC(=O)N1CCCC1COC(=O)c1ccccc1. The summed E-state index contributed by atoms with van der Waals surface area (Å²) in [5, 5.41) is 0. The third-order valence-corrected chi connectivity index (χ3v) is 3.42. The summed E-state index contributed by atoms with van der Waals surface area (Å²) in [5.41, 5.74) is -0.00499. The maximum absolute atomic E-state index is 12.1. The zero-order valence-electron chi connectivity index (χ0n) is 13.4. The summed E-state index contributed by atoms with van der Waals surface area (Å²) in [6.07, 6.45) is 1.37. The molecule has 0 bridgehead atoms. The number of hydrogen-bond donors (Lipinski definition) is 0.